The highest BCUT2D eigenvalue weighted by Crippen LogP contribution is 2.46. The predicted octanol–water partition coefficient (Wildman–Crippen LogP) is 6.21. The average Bonchev–Trinajstić information content (AvgIpc) is 3.51. The first kappa shape index (κ1) is 30.2. The number of rotatable bonds is 10. The lowest BCUT2D eigenvalue weighted by atomic mass is 10.0. The van der Waals surface area contributed by atoms with Gasteiger partial charge in [0.05, 0.1) is 33.9 Å². The number of methoxy groups -OCH3 is 1. The van der Waals surface area contributed by atoms with Crippen LogP contribution in [0.2, 0.25) is 0 Å². The van der Waals surface area contributed by atoms with Gasteiger partial charge in [0.25, 0.3) is 0 Å². The van der Waals surface area contributed by atoms with Crippen molar-refractivity contribution in [2.24, 2.45) is 21.8 Å². The van der Waals surface area contributed by atoms with E-state index in [-0.39, 0.29) is 0 Å². The number of halogens is 1. The fourth-order valence-corrected chi connectivity index (χ4v) is 7.84. The lowest BCUT2D eigenvalue weighted by Crippen LogP contribution is -2.27. The van der Waals surface area contributed by atoms with Crippen LogP contribution in [0, 0.1) is 11.8 Å². The van der Waals surface area contributed by atoms with Crippen molar-refractivity contribution >= 4 is 82.0 Å². The standard InChI is InChI=1S/C30H38BrN8O2P/c1-8-18-11-24(26(41-5)12-25(18)39-16-19-14-38(4)15-20(19)17-39)36-30-34-13-21(31)29(37-30)35-23-10-9-22(32-2)27(33-3)28(23)42(6,7)40/h9-13,19-20H,2-3,8,14-17H2,1,4-7H3,(H2,34,35,36,37)/t19-,20+. The van der Waals surface area contributed by atoms with E-state index in [4.69, 9.17) is 9.72 Å². The lowest BCUT2D eigenvalue weighted by Gasteiger charge is -2.25. The molecule has 222 valence electrons. The van der Waals surface area contributed by atoms with E-state index in [2.05, 4.69) is 90.9 Å². The Labute approximate surface area is 256 Å². The van der Waals surface area contributed by atoms with E-state index >= 15 is 0 Å². The second-order valence-electron chi connectivity index (χ2n) is 11.3. The zero-order chi connectivity index (χ0) is 30.2. The Bertz CT molecular complexity index is 1560. The molecule has 1 aromatic heterocycles. The third-order valence-electron chi connectivity index (χ3n) is 8.03. The van der Waals surface area contributed by atoms with Gasteiger partial charge in [0.2, 0.25) is 5.95 Å². The lowest BCUT2D eigenvalue weighted by molar-refractivity contribution is 0.387. The highest BCUT2D eigenvalue weighted by atomic mass is 79.9. The number of nitrogens with zero attached hydrogens (tertiary/aromatic N) is 6. The predicted molar refractivity (Wildman–Crippen MR) is 179 cm³/mol. The molecule has 5 rings (SSSR count). The quantitative estimate of drug-likeness (QED) is 0.197. The molecule has 0 spiro atoms. The molecule has 3 heterocycles. The summed E-state index contributed by atoms with van der Waals surface area (Å²) in [5.41, 5.74) is 4.82. The van der Waals surface area contributed by atoms with Crippen LogP contribution in [-0.2, 0) is 11.0 Å². The number of aromatic nitrogens is 2. The van der Waals surface area contributed by atoms with Crippen LogP contribution in [0.4, 0.5) is 40.2 Å². The minimum atomic E-state index is -2.79. The van der Waals surface area contributed by atoms with Crippen LogP contribution >= 0.6 is 23.1 Å². The number of aryl methyl sites for hydroxylation is 1. The van der Waals surface area contributed by atoms with Crippen molar-refractivity contribution in [3.05, 3.63) is 40.5 Å². The summed E-state index contributed by atoms with van der Waals surface area (Å²) in [5.74, 6) is 3.03. The largest absolute Gasteiger partial charge is 0.494 e. The summed E-state index contributed by atoms with van der Waals surface area (Å²) in [6.45, 7) is 17.3. The van der Waals surface area contributed by atoms with Crippen molar-refractivity contribution in [1.82, 2.24) is 14.9 Å². The van der Waals surface area contributed by atoms with Crippen LogP contribution in [-0.4, -0.2) is 82.0 Å². The van der Waals surface area contributed by atoms with Gasteiger partial charge in [-0.05, 0) is 91.8 Å². The molecular weight excluding hydrogens is 615 g/mol. The Kier molecular flexibility index (Phi) is 8.73. The number of ether oxygens (including phenoxy) is 1. The van der Waals surface area contributed by atoms with Crippen LogP contribution in [0.15, 0.2) is 44.9 Å². The third kappa shape index (κ3) is 5.96. The van der Waals surface area contributed by atoms with Gasteiger partial charge in [0, 0.05) is 44.1 Å². The topological polar surface area (TPSA) is 107 Å². The van der Waals surface area contributed by atoms with Gasteiger partial charge in [-0.1, -0.05) is 6.92 Å². The number of aliphatic imine (C=N–C) groups is 2. The molecule has 0 saturated carbocycles. The van der Waals surface area contributed by atoms with Crippen molar-refractivity contribution in [2.45, 2.75) is 13.3 Å². The molecule has 2 atom stereocenters. The third-order valence-corrected chi connectivity index (χ3v) is 10.1. The van der Waals surface area contributed by atoms with E-state index in [1.807, 2.05) is 0 Å². The molecule has 42 heavy (non-hydrogen) atoms. The smallest absolute Gasteiger partial charge is 0.229 e. The van der Waals surface area contributed by atoms with Gasteiger partial charge in [0.15, 0.2) is 0 Å². The van der Waals surface area contributed by atoms with Crippen molar-refractivity contribution in [1.29, 1.82) is 0 Å². The molecule has 0 unspecified atom stereocenters. The first-order valence-corrected chi connectivity index (χ1v) is 17.3. The van der Waals surface area contributed by atoms with Gasteiger partial charge in [-0.15, -0.1) is 0 Å². The van der Waals surface area contributed by atoms with E-state index in [0.29, 0.717) is 50.4 Å². The molecular formula is C30H38BrN8O2P. The van der Waals surface area contributed by atoms with Gasteiger partial charge in [-0.2, -0.15) is 4.98 Å². The molecule has 10 nitrogen and oxygen atoms in total. The Morgan fingerprint density at radius 3 is 2.40 bits per heavy atom. The fourth-order valence-electron chi connectivity index (χ4n) is 6.14. The maximum absolute atomic E-state index is 13.3. The molecule has 2 aromatic carbocycles. The number of likely N-dealkylation sites (tertiary alicyclic amines) is 1. The molecule has 3 aromatic rings. The van der Waals surface area contributed by atoms with E-state index in [9.17, 15) is 4.57 Å². The number of fused-ring (bicyclic) bond motifs is 1. The Morgan fingerprint density at radius 2 is 1.81 bits per heavy atom. The summed E-state index contributed by atoms with van der Waals surface area (Å²) in [6.07, 6.45) is 2.56. The molecule has 12 heteroatoms. The van der Waals surface area contributed by atoms with E-state index in [1.54, 1.807) is 38.8 Å². The average molecular weight is 654 g/mol. The van der Waals surface area contributed by atoms with Crippen molar-refractivity contribution in [3.8, 4) is 5.75 Å². The minimum absolute atomic E-state index is 0.386. The summed E-state index contributed by atoms with van der Waals surface area (Å²) in [4.78, 5) is 22.3. The van der Waals surface area contributed by atoms with Crippen LogP contribution in [0.3, 0.4) is 0 Å². The first-order chi connectivity index (χ1) is 20.1. The fraction of sp³-hybridized carbons (Fsp3) is 0.400. The van der Waals surface area contributed by atoms with Crippen molar-refractivity contribution < 1.29 is 9.30 Å². The molecule has 2 aliphatic heterocycles. The minimum Gasteiger partial charge on any atom is -0.494 e. The highest BCUT2D eigenvalue weighted by Gasteiger charge is 2.39. The summed E-state index contributed by atoms with van der Waals surface area (Å²) in [5, 5.41) is 7.21. The zero-order valence-electron chi connectivity index (χ0n) is 24.8. The number of anilines is 5. The second kappa shape index (κ2) is 12.1. The maximum Gasteiger partial charge on any atom is 0.229 e. The molecule has 2 aliphatic rings. The van der Waals surface area contributed by atoms with Gasteiger partial charge in [0.1, 0.15) is 24.4 Å². The van der Waals surface area contributed by atoms with E-state index in [1.165, 1.54) is 11.3 Å². The number of nitrogens with one attached hydrogen (secondary N) is 2. The maximum atomic E-state index is 13.3. The van der Waals surface area contributed by atoms with Crippen molar-refractivity contribution in [3.63, 3.8) is 0 Å². The molecule has 2 saturated heterocycles. The second-order valence-corrected chi connectivity index (χ2v) is 15.3. The van der Waals surface area contributed by atoms with Gasteiger partial charge in [-0.25, -0.2) is 4.98 Å². The zero-order valence-corrected chi connectivity index (χ0v) is 27.3. The van der Waals surface area contributed by atoms with E-state index < -0.39 is 7.14 Å². The monoisotopic (exact) mass is 652 g/mol. The normalized spacial score (nSPS) is 18.6. The Balaban J connectivity index is 1.45. The molecule has 0 aliphatic carbocycles. The molecule has 0 amide bonds. The summed E-state index contributed by atoms with van der Waals surface area (Å²) < 4.78 is 19.8. The Hall–Kier alpha value is -3.27. The van der Waals surface area contributed by atoms with Gasteiger partial charge < -0.3 is 29.7 Å². The molecule has 2 fully saturated rings. The van der Waals surface area contributed by atoms with Gasteiger partial charge >= 0.3 is 0 Å². The number of benzene rings is 2. The summed E-state index contributed by atoms with van der Waals surface area (Å²) >= 11 is 3.55. The van der Waals surface area contributed by atoms with Crippen LogP contribution in [0.1, 0.15) is 12.5 Å². The van der Waals surface area contributed by atoms with Crippen LogP contribution < -0.4 is 25.6 Å². The van der Waals surface area contributed by atoms with Gasteiger partial charge in [-0.3, -0.25) is 9.98 Å². The SMILES string of the molecule is C=Nc1ccc(Nc2nc(Nc3cc(CC)c(N4C[C@H]5CN(C)C[C@H]5C4)cc3OC)ncc2Br)c(P(C)(C)=O)c1N=C. The number of hydrogen-bond donors (Lipinski definition) is 2. The first-order valence-electron chi connectivity index (χ1n) is 13.9. The molecule has 2 N–H and O–H groups in total. The Morgan fingerprint density at radius 1 is 1.10 bits per heavy atom. The molecule has 0 bridgehead atoms. The van der Waals surface area contributed by atoms with Crippen LogP contribution in [0.25, 0.3) is 0 Å². The molecule has 0 radical (unpaired) electrons. The summed E-state index contributed by atoms with van der Waals surface area (Å²) in [7, 11) is 1.10. The van der Waals surface area contributed by atoms with Crippen LogP contribution in [0.5, 0.6) is 5.75 Å². The number of hydrogen-bond acceptors (Lipinski definition) is 10. The van der Waals surface area contributed by atoms with Crippen molar-refractivity contribution in [2.75, 3.05) is 69.2 Å². The van der Waals surface area contributed by atoms with E-state index in [0.717, 1.165) is 44.0 Å². The highest BCUT2D eigenvalue weighted by molar-refractivity contribution is 9.10. The summed E-state index contributed by atoms with van der Waals surface area (Å²) in [6, 6.07) is 7.83.